The van der Waals surface area contributed by atoms with Crippen LogP contribution in [-0.4, -0.2) is 43.7 Å². The summed E-state index contributed by atoms with van der Waals surface area (Å²) in [7, 11) is 3.24. The maximum atomic E-state index is 12.9. The molecule has 24 heavy (non-hydrogen) atoms. The molecule has 0 bridgehead atoms. The molecule has 0 saturated heterocycles. The normalized spacial score (nSPS) is 16.3. The molecule has 0 aromatic heterocycles. The molecule has 1 aliphatic carbocycles. The number of benzene rings is 1. The number of carbonyl (C=O) groups excluding carboxylic acids is 1. The Morgan fingerprint density at radius 2 is 1.96 bits per heavy atom. The number of rotatable bonds is 7. The van der Waals surface area contributed by atoms with Gasteiger partial charge in [-0.2, -0.15) is 0 Å². The predicted octanol–water partition coefficient (Wildman–Crippen LogP) is 3.69. The zero-order chi connectivity index (χ0) is 17.5. The molecule has 1 fully saturated rings. The van der Waals surface area contributed by atoms with Gasteiger partial charge in [0.25, 0.3) is 0 Å². The van der Waals surface area contributed by atoms with E-state index in [1.54, 1.807) is 14.2 Å². The van der Waals surface area contributed by atoms with Gasteiger partial charge in [-0.1, -0.05) is 19.3 Å². The minimum atomic E-state index is -0.297. The Hall–Kier alpha value is -1.91. The smallest absolute Gasteiger partial charge is 0.245 e. The molecule has 134 valence electrons. The van der Waals surface area contributed by atoms with E-state index in [9.17, 15) is 4.79 Å². The van der Waals surface area contributed by atoms with Crippen molar-refractivity contribution in [3.63, 3.8) is 0 Å². The lowest BCUT2D eigenvalue weighted by Crippen LogP contribution is -2.47. The first-order valence-corrected chi connectivity index (χ1v) is 8.89. The molecular weight excluding hydrogens is 304 g/mol. The van der Waals surface area contributed by atoms with Crippen molar-refractivity contribution in [3.8, 4) is 11.5 Å². The third kappa shape index (κ3) is 4.34. The Morgan fingerprint density at radius 3 is 2.54 bits per heavy atom. The summed E-state index contributed by atoms with van der Waals surface area (Å²) in [5, 5.41) is 3.29. The van der Waals surface area contributed by atoms with Crippen LogP contribution in [-0.2, 0) is 4.79 Å². The zero-order valence-corrected chi connectivity index (χ0v) is 15.3. The van der Waals surface area contributed by atoms with E-state index in [0.29, 0.717) is 11.8 Å². The Labute approximate surface area is 145 Å². The lowest BCUT2D eigenvalue weighted by molar-refractivity contribution is -0.134. The quantitative estimate of drug-likeness (QED) is 0.826. The van der Waals surface area contributed by atoms with Crippen molar-refractivity contribution >= 4 is 11.6 Å². The highest BCUT2D eigenvalue weighted by Gasteiger charge is 2.27. The van der Waals surface area contributed by atoms with Crippen molar-refractivity contribution in [2.45, 2.75) is 58.0 Å². The van der Waals surface area contributed by atoms with E-state index in [4.69, 9.17) is 9.47 Å². The van der Waals surface area contributed by atoms with Crippen LogP contribution < -0.4 is 14.8 Å². The van der Waals surface area contributed by atoms with Crippen molar-refractivity contribution in [1.82, 2.24) is 4.90 Å². The van der Waals surface area contributed by atoms with Crippen molar-refractivity contribution in [3.05, 3.63) is 18.2 Å². The van der Waals surface area contributed by atoms with Gasteiger partial charge in [-0.25, -0.2) is 0 Å². The van der Waals surface area contributed by atoms with Crippen LogP contribution in [0.4, 0.5) is 5.69 Å². The van der Waals surface area contributed by atoms with E-state index in [1.165, 1.54) is 19.3 Å². The lowest BCUT2D eigenvalue weighted by Gasteiger charge is -2.35. The minimum Gasteiger partial charge on any atom is -0.497 e. The van der Waals surface area contributed by atoms with E-state index >= 15 is 0 Å². The van der Waals surface area contributed by atoms with E-state index in [0.717, 1.165) is 30.8 Å². The Bertz CT molecular complexity index is 541. The molecule has 0 spiro atoms. The van der Waals surface area contributed by atoms with Gasteiger partial charge in [0, 0.05) is 18.7 Å². The summed E-state index contributed by atoms with van der Waals surface area (Å²) in [6.07, 6.45) is 5.99. The average Bonchev–Trinajstić information content (AvgIpc) is 2.63. The highest BCUT2D eigenvalue weighted by molar-refractivity contribution is 5.85. The maximum Gasteiger partial charge on any atom is 0.245 e. The Kier molecular flexibility index (Phi) is 6.76. The molecule has 5 nitrogen and oxygen atoms in total. The monoisotopic (exact) mass is 334 g/mol. The van der Waals surface area contributed by atoms with Gasteiger partial charge in [0.15, 0.2) is 0 Å². The number of nitrogens with one attached hydrogen (secondary N) is 1. The summed E-state index contributed by atoms with van der Waals surface area (Å²) >= 11 is 0. The van der Waals surface area contributed by atoms with Crippen molar-refractivity contribution in [2.24, 2.45) is 0 Å². The van der Waals surface area contributed by atoms with E-state index in [1.807, 2.05) is 30.0 Å². The SMILES string of the molecule is CCN(C(=O)[C@@H](C)Nc1ccc(OC)cc1OC)C1CCCCC1. The standard InChI is InChI=1S/C19H30N2O3/c1-5-21(15-9-7-6-8-10-15)19(22)14(2)20-17-12-11-16(23-3)13-18(17)24-4/h11-15,20H,5-10H2,1-4H3/t14-/m1/s1. The molecule has 1 atom stereocenters. The third-order valence-electron chi connectivity index (χ3n) is 4.79. The summed E-state index contributed by atoms with van der Waals surface area (Å²) < 4.78 is 10.6. The zero-order valence-electron chi connectivity index (χ0n) is 15.3. The number of amides is 1. The van der Waals surface area contributed by atoms with Crippen LogP contribution in [0.3, 0.4) is 0 Å². The number of likely N-dealkylation sites (N-methyl/N-ethyl adjacent to an activating group) is 1. The van der Waals surface area contributed by atoms with Gasteiger partial charge in [-0.3, -0.25) is 4.79 Å². The van der Waals surface area contributed by atoms with Gasteiger partial charge in [-0.05, 0) is 38.8 Å². The van der Waals surface area contributed by atoms with Crippen LogP contribution >= 0.6 is 0 Å². The first-order chi connectivity index (χ1) is 11.6. The Balaban J connectivity index is 2.07. The van der Waals surface area contributed by atoms with E-state index in [2.05, 4.69) is 12.2 Å². The summed E-state index contributed by atoms with van der Waals surface area (Å²) in [6.45, 7) is 4.74. The second-order valence-corrected chi connectivity index (χ2v) is 6.35. The molecule has 1 amide bonds. The summed E-state index contributed by atoms with van der Waals surface area (Å²) in [5.41, 5.74) is 0.804. The fourth-order valence-corrected chi connectivity index (χ4v) is 3.45. The number of hydrogen-bond acceptors (Lipinski definition) is 4. The van der Waals surface area contributed by atoms with Crippen molar-refractivity contribution in [1.29, 1.82) is 0 Å². The number of methoxy groups -OCH3 is 2. The molecule has 1 aromatic carbocycles. The topological polar surface area (TPSA) is 50.8 Å². The largest absolute Gasteiger partial charge is 0.497 e. The molecule has 0 aliphatic heterocycles. The van der Waals surface area contributed by atoms with E-state index in [-0.39, 0.29) is 11.9 Å². The lowest BCUT2D eigenvalue weighted by atomic mass is 9.94. The first-order valence-electron chi connectivity index (χ1n) is 8.89. The number of anilines is 1. The number of hydrogen-bond donors (Lipinski definition) is 1. The van der Waals surface area contributed by atoms with Crippen LogP contribution in [0.5, 0.6) is 11.5 Å². The number of nitrogens with zero attached hydrogens (tertiary/aromatic N) is 1. The van der Waals surface area contributed by atoms with Crippen LogP contribution in [0.2, 0.25) is 0 Å². The molecule has 1 N–H and O–H groups in total. The summed E-state index contributed by atoms with van der Waals surface area (Å²) in [5.74, 6) is 1.56. The fourth-order valence-electron chi connectivity index (χ4n) is 3.45. The van der Waals surface area contributed by atoms with Gasteiger partial charge in [-0.15, -0.1) is 0 Å². The minimum absolute atomic E-state index is 0.155. The molecule has 1 aliphatic rings. The molecule has 0 radical (unpaired) electrons. The van der Waals surface area contributed by atoms with Crippen LogP contribution in [0, 0.1) is 0 Å². The van der Waals surface area contributed by atoms with Gasteiger partial charge in [0.05, 0.1) is 19.9 Å². The highest BCUT2D eigenvalue weighted by Crippen LogP contribution is 2.30. The van der Waals surface area contributed by atoms with Crippen molar-refractivity contribution < 1.29 is 14.3 Å². The second-order valence-electron chi connectivity index (χ2n) is 6.35. The molecular formula is C19H30N2O3. The van der Waals surface area contributed by atoms with E-state index < -0.39 is 0 Å². The second kappa shape index (κ2) is 8.81. The Morgan fingerprint density at radius 1 is 1.25 bits per heavy atom. The van der Waals surface area contributed by atoms with Crippen LogP contribution in [0.25, 0.3) is 0 Å². The number of ether oxygens (including phenoxy) is 2. The van der Waals surface area contributed by atoms with Gasteiger partial charge >= 0.3 is 0 Å². The van der Waals surface area contributed by atoms with Gasteiger partial charge in [0.1, 0.15) is 17.5 Å². The van der Waals surface area contributed by atoms with Crippen LogP contribution in [0.1, 0.15) is 46.0 Å². The summed E-state index contributed by atoms with van der Waals surface area (Å²) in [6, 6.07) is 5.66. The third-order valence-corrected chi connectivity index (χ3v) is 4.79. The highest BCUT2D eigenvalue weighted by atomic mass is 16.5. The molecule has 5 heteroatoms. The first kappa shape index (κ1) is 18.4. The predicted molar refractivity (Wildman–Crippen MR) is 96.9 cm³/mol. The molecule has 2 rings (SSSR count). The van der Waals surface area contributed by atoms with Gasteiger partial charge in [0.2, 0.25) is 5.91 Å². The fraction of sp³-hybridized carbons (Fsp3) is 0.632. The molecule has 0 heterocycles. The summed E-state index contributed by atoms with van der Waals surface area (Å²) in [4.78, 5) is 14.9. The molecule has 1 saturated carbocycles. The molecule has 0 unspecified atom stereocenters. The molecule has 1 aromatic rings. The average molecular weight is 334 g/mol. The van der Waals surface area contributed by atoms with Gasteiger partial charge < -0.3 is 19.7 Å². The number of carbonyl (C=O) groups is 1. The van der Waals surface area contributed by atoms with Crippen LogP contribution in [0.15, 0.2) is 18.2 Å². The van der Waals surface area contributed by atoms with Crippen molar-refractivity contribution in [2.75, 3.05) is 26.1 Å². The maximum absolute atomic E-state index is 12.9.